The van der Waals surface area contributed by atoms with Gasteiger partial charge in [0.05, 0.1) is 6.10 Å². The lowest BCUT2D eigenvalue weighted by molar-refractivity contribution is 0.126. The summed E-state index contributed by atoms with van der Waals surface area (Å²) in [6, 6.07) is 19.7. The maximum atomic E-state index is 10.2. The van der Waals surface area contributed by atoms with Gasteiger partial charge in [-0.05, 0) is 30.4 Å². The molecule has 3 atom stereocenters. The van der Waals surface area contributed by atoms with E-state index in [1.165, 1.54) is 5.56 Å². The molecule has 0 bridgehead atoms. The zero-order valence-corrected chi connectivity index (χ0v) is 12.2. The first-order valence-electron chi connectivity index (χ1n) is 7.42. The maximum Gasteiger partial charge on any atom is 0.0709 e. The Hall–Kier alpha value is -1.68. The molecule has 0 aromatic heterocycles. The summed E-state index contributed by atoms with van der Waals surface area (Å²) in [5, 5.41) is 10.2. The number of rotatable bonds is 7. The third-order valence-electron chi connectivity index (χ3n) is 3.69. The van der Waals surface area contributed by atoms with Crippen molar-refractivity contribution in [3.05, 3.63) is 71.8 Å². The van der Waals surface area contributed by atoms with Gasteiger partial charge in [-0.3, -0.25) is 0 Å². The summed E-state index contributed by atoms with van der Waals surface area (Å²) in [5.74, 6) is 0. The number of aliphatic hydroxyl groups is 1. The van der Waals surface area contributed by atoms with E-state index in [0.717, 1.165) is 12.0 Å². The minimum atomic E-state index is -0.580. The Morgan fingerprint density at radius 1 is 0.762 bits per heavy atom. The number of hydrogen-bond donors (Lipinski definition) is 3. The predicted octanol–water partition coefficient (Wildman–Crippen LogP) is 1.88. The lowest BCUT2D eigenvalue weighted by atomic mass is 9.95. The highest BCUT2D eigenvalue weighted by atomic mass is 16.3. The topological polar surface area (TPSA) is 72.3 Å². The van der Waals surface area contributed by atoms with Crippen LogP contribution in [0.2, 0.25) is 0 Å². The van der Waals surface area contributed by atoms with E-state index in [0.29, 0.717) is 12.8 Å². The fraction of sp³-hybridized carbons (Fsp3) is 0.333. The van der Waals surface area contributed by atoms with E-state index in [1.54, 1.807) is 0 Å². The largest absolute Gasteiger partial charge is 0.391 e. The van der Waals surface area contributed by atoms with Crippen molar-refractivity contribution in [2.45, 2.75) is 37.5 Å². The van der Waals surface area contributed by atoms with Gasteiger partial charge in [0.1, 0.15) is 0 Å². The standard InChI is InChI=1S/C18H24N2O/c19-16(11-14-7-3-1-4-8-14)13-18(21)17(20)12-15-9-5-2-6-10-15/h1-10,16-18,21H,11-13,19-20H2/t16-,17?,18-/m0/s1. The van der Waals surface area contributed by atoms with Gasteiger partial charge in [-0.2, -0.15) is 0 Å². The molecular formula is C18H24N2O. The number of benzene rings is 2. The van der Waals surface area contributed by atoms with E-state index < -0.39 is 6.10 Å². The highest BCUT2D eigenvalue weighted by Gasteiger charge is 2.18. The highest BCUT2D eigenvalue weighted by molar-refractivity contribution is 5.17. The van der Waals surface area contributed by atoms with Crippen LogP contribution in [0.25, 0.3) is 0 Å². The summed E-state index contributed by atoms with van der Waals surface area (Å²) < 4.78 is 0. The predicted molar refractivity (Wildman–Crippen MR) is 86.9 cm³/mol. The van der Waals surface area contributed by atoms with E-state index >= 15 is 0 Å². The molecule has 0 radical (unpaired) electrons. The molecule has 3 heteroatoms. The van der Waals surface area contributed by atoms with Gasteiger partial charge < -0.3 is 16.6 Å². The summed E-state index contributed by atoms with van der Waals surface area (Å²) in [7, 11) is 0. The van der Waals surface area contributed by atoms with Gasteiger partial charge in [0.2, 0.25) is 0 Å². The molecule has 21 heavy (non-hydrogen) atoms. The summed E-state index contributed by atoms with van der Waals surface area (Å²) in [6.45, 7) is 0. The molecule has 0 saturated heterocycles. The summed E-state index contributed by atoms with van der Waals surface area (Å²) in [6.07, 6.45) is 1.36. The van der Waals surface area contributed by atoms with E-state index in [9.17, 15) is 5.11 Å². The van der Waals surface area contributed by atoms with Crippen LogP contribution in [-0.4, -0.2) is 23.3 Å². The van der Waals surface area contributed by atoms with Crippen molar-refractivity contribution in [2.24, 2.45) is 11.5 Å². The van der Waals surface area contributed by atoms with Gasteiger partial charge in [0, 0.05) is 12.1 Å². The molecule has 0 saturated carbocycles. The smallest absolute Gasteiger partial charge is 0.0709 e. The van der Waals surface area contributed by atoms with Gasteiger partial charge in [0.25, 0.3) is 0 Å². The van der Waals surface area contributed by atoms with Crippen molar-refractivity contribution in [3.8, 4) is 0 Å². The van der Waals surface area contributed by atoms with Gasteiger partial charge in [-0.1, -0.05) is 60.7 Å². The van der Waals surface area contributed by atoms with E-state index in [1.807, 2.05) is 48.5 Å². The first-order valence-corrected chi connectivity index (χ1v) is 7.42. The normalized spacial score (nSPS) is 15.4. The summed E-state index contributed by atoms with van der Waals surface area (Å²) >= 11 is 0. The third kappa shape index (κ3) is 5.31. The SMILES string of the molecule is NC(Cc1ccccc1)[C@@H](O)C[C@@H](N)Cc1ccccc1. The molecular weight excluding hydrogens is 260 g/mol. The molecule has 3 nitrogen and oxygen atoms in total. The molecule has 0 heterocycles. The van der Waals surface area contributed by atoms with Crippen molar-refractivity contribution >= 4 is 0 Å². The van der Waals surface area contributed by atoms with Crippen LogP contribution < -0.4 is 11.5 Å². The minimum absolute atomic E-state index is 0.0794. The van der Waals surface area contributed by atoms with Crippen molar-refractivity contribution < 1.29 is 5.11 Å². The van der Waals surface area contributed by atoms with Crippen molar-refractivity contribution in [2.75, 3.05) is 0 Å². The fourth-order valence-electron chi connectivity index (χ4n) is 2.51. The zero-order chi connectivity index (χ0) is 15.1. The number of nitrogens with two attached hydrogens (primary N) is 2. The Morgan fingerprint density at radius 2 is 1.24 bits per heavy atom. The Kier molecular flexibility index (Phi) is 5.93. The monoisotopic (exact) mass is 284 g/mol. The van der Waals surface area contributed by atoms with Crippen LogP contribution in [0.5, 0.6) is 0 Å². The minimum Gasteiger partial charge on any atom is -0.391 e. The molecule has 0 aliphatic carbocycles. The second kappa shape index (κ2) is 7.93. The quantitative estimate of drug-likeness (QED) is 0.727. The van der Waals surface area contributed by atoms with Crippen LogP contribution in [0.4, 0.5) is 0 Å². The van der Waals surface area contributed by atoms with Crippen LogP contribution in [0, 0.1) is 0 Å². The van der Waals surface area contributed by atoms with Crippen LogP contribution in [0.3, 0.4) is 0 Å². The second-order valence-electron chi connectivity index (χ2n) is 5.61. The molecule has 1 unspecified atom stereocenters. The lowest BCUT2D eigenvalue weighted by Gasteiger charge is -2.22. The van der Waals surface area contributed by atoms with Crippen LogP contribution in [-0.2, 0) is 12.8 Å². The van der Waals surface area contributed by atoms with Crippen molar-refractivity contribution in [3.63, 3.8) is 0 Å². The molecule has 5 N–H and O–H groups in total. The van der Waals surface area contributed by atoms with Crippen LogP contribution in [0.1, 0.15) is 17.5 Å². The van der Waals surface area contributed by atoms with Gasteiger partial charge >= 0.3 is 0 Å². The summed E-state index contributed by atoms with van der Waals surface area (Å²) in [4.78, 5) is 0. The Labute approximate surface area is 126 Å². The molecule has 0 spiro atoms. The van der Waals surface area contributed by atoms with Crippen LogP contribution in [0.15, 0.2) is 60.7 Å². The fourth-order valence-corrected chi connectivity index (χ4v) is 2.51. The van der Waals surface area contributed by atoms with Gasteiger partial charge in [-0.25, -0.2) is 0 Å². The van der Waals surface area contributed by atoms with E-state index in [4.69, 9.17) is 11.5 Å². The molecule has 0 aliphatic heterocycles. The summed E-state index contributed by atoms with van der Waals surface area (Å²) in [5.41, 5.74) is 14.5. The molecule has 2 aromatic carbocycles. The van der Waals surface area contributed by atoms with Crippen molar-refractivity contribution in [1.29, 1.82) is 0 Å². The Morgan fingerprint density at radius 3 is 1.76 bits per heavy atom. The zero-order valence-electron chi connectivity index (χ0n) is 12.2. The average Bonchev–Trinajstić information content (AvgIpc) is 2.49. The van der Waals surface area contributed by atoms with Crippen LogP contribution >= 0.6 is 0 Å². The third-order valence-corrected chi connectivity index (χ3v) is 3.69. The number of hydrogen-bond acceptors (Lipinski definition) is 3. The van der Waals surface area contributed by atoms with Gasteiger partial charge in [-0.15, -0.1) is 0 Å². The molecule has 0 amide bonds. The van der Waals surface area contributed by atoms with E-state index in [-0.39, 0.29) is 12.1 Å². The molecule has 112 valence electrons. The highest BCUT2D eigenvalue weighted by Crippen LogP contribution is 2.10. The van der Waals surface area contributed by atoms with E-state index in [2.05, 4.69) is 12.1 Å². The maximum absolute atomic E-state index is 10.2. The molecule has 2 aromatic rings. The molecule has 0 aliphatic rings. The molecule has 2 rings (SSSR count). The van der Waals surface area contributed by atoms with Crippen molar-refractivity contribution in [1.82, 2.24) is 0 Å². The Balaban J connectivity index is 1.81. The molecule has 0 fully saturated rings. The average molecular weight is 284 g/mol. The first kappa shape index (κ1) is 15.7. The lowest BCUT2D eigenvalue weighted by Crippen LogP contribution is -2.41. The Bertz CT molecular complexity index is 515. The van der Waals surface area contributed by atoms with Gasteiger partial charge in [0.15, 0.2) is 0 Å². The second-order valence-corrected chi connectivity index (χ2v) is 5.61. The number of aliphatic hydroxyl groups excluding tert-OH is 1. The first-order chi connectivity index (χ1) is 10.1.